The Kier molecular flexibility index (Phi) is 5.10. The highest BCUT2D eigenvalue weighted by molar-refractivity contribution is 5.92. The van der Waals surface area contributed by atoms with E-state index in [2.05, 4.69) is 16.3 Å². The third-order valence-electron chi connectivity index (χ3n) is 3.45. The first-order valence-corrected chi connectivity index (χ1v) is 6.88. The maximum atomic E-state index is 11.8. The topological polar surface area (TPSA) is 76.4 Å². The Balaban J connectivity index is 1.74. The molecule has 1 aliphatic rings. The Morgan fingerprint density at radius 1 is 1.50 bits per heavy atom. The molecule has 1 unspecified atom stereocenters. The third kappa shape index (κ3) is 4.05. The summed E-state index contributed by atoms with van der Waals surface area (Å²) in [6.07, 6.45) is 1.79. The Hall–Kier alpha value is -1.90. The first kappa shape index (κ1) is 14.5. The minimum atomic E-state index is -0.216. The number of benzene rings is 1. The van der Waals surface area contributed by atoms with Gasteiger partial charge in [0.05, 0.1) is 17.4 Å². The molecule has 0 aromatic heterocycles. The van der Waals surface area contributed by atoms with Gasteiger partial charge in [-0.05, 0) is 31.5 Å². The summed E-state index contributed by atoms with van der Waals surface area (Å²) in [5.41, 5.74) is 1.04. The molecule has 1 heterocycles. The number of carbonyl (C=O) groups excluding carboxylic acids is 1. The van der Waals surface area contributed by atoms with Crippen LogP contribution in [0.2, 0.25) is 0 Å². The van der Waals surface area contributed by atoms with Crippen molar-refractivity contribution >= 4 is 11.6 Å². The van der Waals surface area contributed by atoms with Crippen LogP contribution in [-0.2, 0) is 4.79 Å². The number of nitrogens with one attached hydrogen (secondary N) is 1. The predicted molar refractivity (Wildman–Crippen MR) is 76.1 cm³/mol. The summed E-state index contributed by atoms with van der Waals surface area (Å²) in [5, 5.41) is 21.1. The fourth-order valence-electron chi connectivity index (χ4n) is 2.38. The summed E-state index contributed by atoms with van der Waals surface area (Å²) in [4.78, 5) is 14.0. The fraction of sp³-hybridized carbons (Fsp3) is 0.467. The summed E-state index contributed by atoms with van der Waals surface area (Å²) >= 11 is 0. The maximum absolute atomic E-state index is 11.8. The van der Waals surface area contributed by atoms with Crippen LogP contribution in [0.15, 0.2) is 24.3 Å². The second-order valence-corrected chi connectivity index (χ2v) is 5.05. The molecule has 0 radical (unpaired) electrons. The molecular formula is C15H19N3O2. The van der Waals surface area contributed by atoms with Crippen LogP contribution in [0, 0.1) is 11.3 Å². The standard InChI is InChI=1S/C15H19N3O2/c16-10-12-4-1-2-5-14(12)17-15(20)6-3-8-18-9-7-13(19)11-18/h1-2,4-5,13,19H,3,6-9,11H2,(H,17,20). The van der Waals surface area contributed by atoms with Gasteiger partial charge in [-0.15, -0.1) is 0 Å². The van der Waals surface area contributed by atoms with E-state index in [9.17, 15) is 9.90 Å². The lowest BCUT2D eigenvalue weighted by Gasteiger charge is -2.14. The van der Waals surface area contributed by atoms with E-state index in [-0.39, 0.29) is 12.0 Å². The number of anilines is 1. The minimum absolute atomic E-state index is 0.0764. The van der Waals surface area contributed by atoms with Gasteiger partial charge >= 0.3 is 0 Å². The van der Waals surface area contributed by atoms with Crippen molar-refractivity contribution in [2.45, 2.75) is 25.4 Å². The summed E-state index contributed by atoms with van der Waals surface area (Å²) in [6.45, 7) is 2.43. The number of likely N-dealkylation sites (tertiary alicyclic amines) is 1. The molecule has 1 aliphatic heterocycles. The molecule has 0 spiro atoms. The minimum Gasteiger partial charge on any atom is -0.392 e. The van der Waals surface area contributed by atoms with Crippen LogP contribution < -0.4 is 5.32 Å². The zero-order valence-electron chi connectivity index (χ0n) is 11.4. The van der Waals surface area contributed by atoms with Gasteiger partial charge in [0.1, 0.15) is 6.07 Å². The normalized spacial score (nSPS) is 18.7. The van der Waals surface area contributed by atoms with Crippen molar-refractivity contribution in [3.8, 4) is 6.07 Å². The number of hydrogen-bond acceptors (Lipinski definition) is 4. The summed E-state index contributed by atoms with van der Waals surface area (Å²) in [6, 6.07) is 9.03. The highest BCUT2D eigenvalue weighted by Gasteiger charge is 2.19. The second-order valence-electron chi connectivity index (χ2n) is 5.05. The van der Waals surface area contributed by atoms with Crippen molar-refractivity contribution in [2.24, 2.45) is 0 Å². The van der Waals surface area contributed by atoms with Gasteiger partial charge in [0, 0.05) is 19.5 Å². The lowest BCUT2D eigenvalue weighted by molar-refractivity contribution is -0.116. The maximum Gasteiger partial charge on any atom is 0.224 e. The van der Waals surface area contributed by atoms with Crippen LogP contribution in [0.3, 0.4) is 0 Å². The highest BCUT2D eigenvalue weighted by atomic mass is 16.3. The quantitative estimate of drug-likeness (QED) is 0.849. The highest BCUT2D eigenvalue weighted by Crippen LogP contribution is 2.14. The van der Waals surface area contributed by atoms with E-state index < -0.39 is 0 Å². The van der Waals surface area contributed by atoms with Crippen LogP contribution in [0.5, 0.6) is 0 Å². The molecule has 2 N–H and O–H groups in total. The predicted octanol–water partition coefficient (Wildman–Crippen LogP) is 1.34. The SMILES string of the molecule is N#Cc1ccccc1NC(=O)CCCN1CCC(O)C1. The Labute approximate surface area is 118 Å². The van der Waals surface area contributed by atoms with Crippen molar-refractivity contribution in [1.82, 2.24) is 4.90 Å². The molecule has 1 amide bonds. The lowest BCUT2D eigenvalue weighted by Crippen LogP contribution is -2.24. The van der Waals surface area contributed by atoms with Gasteiger partial charge in [-0.2, -0.15) is 5.26 Å². The number of carbonyl (C=O) groups is 1. The van der Waals surface area contributed by atoms with Crippen molar-refractivity contribution in [3.63, 3.8) is 0 Å². The Morgan fingerprint density at radius 2 is 2.30 bits per heavy atom. The van der Waals surface area contributed by atoms with Crippen LogP contribution in [0.25, 0.3) is 0 Å². The summed E-state index contributed by atoms with van der Waals surface area (Å²) in [7, 11) is 0. The molecule has 106 valence electrons. The number of aliphatic hydroxyl groups is 1. The molecule has 1 aromatic carbocycles. The van der Waals surface area contributed by atoms with E-state index in [0.717, 1.165) is 25.9 Å². The smallest absolute Gasteiger partial charge is 0.224 e. The van der Waals surface area contributed by atoms with E-state index in [1.54, 1.807) is 24.3 Å². The first-order valence-electron chi connectivity index (χ1n) is 6.88. The molecule has 5 nitrogen and oxygen atoms in total. The second kappa shape index (κ2) is 7.04. The fourth-order valence-corrected chi connectivity index (χ4v) is 2.38. The van der Waals surface area contributed by atoms with Crippen molar-refractivity contribution in [3.05, 3.63) is 29.8 Å². The Bertz CT molecular complexity index is 510. The van der Waals surface area contributed by atoms with Crippen molar-refractivity contribution in [1.29, 1.82) is 5.26 Å². The van der Waals surface area contributed by atoms with E-state index in [0.29, 0.717) is 24.2 Å². The molecule has 2 rings (SSSR count). The largest absolute Gasteiger partial charge is 0.392 e. The van der Waals surface area contributed by atoms with E-state index in [1.165, 1.54) is 0 Å². The average molecular weight is 273 g/mol. The number of nitrogens with zero attached hydrogens (tertiary/aromatic N) is 2. The number of β-amino-alcohol motifs (C(OH)–C–C–N with tert-alkyl or cyclic N) is 1. The molecule has 0 bridgehead atoms. The molecule has 1 atom stereocenters. The Morgan fingerprint density at radius 3 is 3.00 bits per heavy atom. The number of amides is 1. The van der Waals surface area contributed by atoms with Crippen LogP contribution in [0.1, 0.15) is 24.8 Å². The van der Waals surface area contributed by atoms with Crippen LogP contribution >= 0.6 is 0 Å². The van der Waals surface area contributed by atoms with Gasteiger partial charge in [0.25, 0.3) is 0 Å². The van der Waals surface area contributed by atoms with E-state index >= 15 is 0 Å². The van der Waals surface area contributed by atoms with Gasteiger partial charge in [-0.25, -0.2) is 0 Å². The van der Waals surface area contributed by atoms with Crippen LogP contribution in [-0.4, -0.2) is 41.7 Å². The van der Waals surface area contributed by atoms with Gasteiger partial charge < -0.3 is 15.3 Å². The van der Waals surface area contributed by atoms with Crippen molar-refractivity contribution < 1.29 is 9.90 Å². The zero-order chi connectivity index (χ0) is 14.4. The molecular weight excluding hydrogens is 254 g/mol. The number of rotatable bonds is 5. The van der Waals surface area contributed by atoms with Gasteiger partial charge in [-0.1, -0.05) is 12.1 Å². The van der Waals surface area contributed by atoms with E-state index in [4.69, 9.17) is 5.26 Å². The lowest BCUT2D eigenvalue weighted by atomic mass is 10.2. The van der Waals surface area contributed by atoms with Crippen LogP contribution in [0.4, 0.5) is 5.69 Å². The molecule has 0 aliphatic carbocycles. The molecule has 0 saturated carbocycles. The first-order chi connectivity index (χ1) is 9.69. The van der Waals surface area contributed by atoms with Gasteiger partial charge in [0.15, 0.2) is 0 Å². The zero-order valence-corrected chi connectivity index (χ0v) is 11.4. The molecule has 1 saturated heterocycles. The molecule has 1 aromatic rings. The average Bonchev–Trinajstić information content (AvgIpc) is 2.85. The summed E-state index contributed by atoms with van der Waals surface area (Å²) in [5.74, 6) is -0.0764. The number of hydrogen-bond donors (Lipinski definition) is 2. The van der Waals surface area contributed by atoms with Crippen molar-refractivity contribution in [2.75, 3.05) is 25.0 Å². The summed E-state index contributed by atoms with van der Waals surface area (Å²) < 4.78 is 0. The molecule has 1 fully saturated rings. The molecule has 5 heteroatoms. The van der Waals surface area contributed by atoms with Gasteiger partial charge in [-0.3, -0.25) is 4.79 Å². The number of nitriles is 1. The number of para-hydroxylation sites is 1. The van der Waals surface area contributed by atoms with E-state index in [1.807, 2.05) is 0 Å². The third-order valence-corrected chi connectivity index (χ3v) is 3.45. The monoisotopic (exact) mass is 273 g/mol. The number of aliphatic hydroxyl groups excluding tert-OH is 1. The van der Waals surface area contributed by atoms with Gasteiger partial charge in [0.2, 0.25) is 5.91 Å². The molecule has 20 heavy (non-hydrogen) atoms.